The minimum absolute atomic E-state index is 0.0833. The fourth-order valence-electron chi connectivity index (χ4n) is 2.28. The number of non-ortho nitro benzene ring substituents is 1. The molecule has 0 saturated heterocycles. The largest absolute Gasteiger partial charge is 0.455 e. The summed E-state index contributed by atoms with van der Waals surface area (Å²) >= 11 is 5.91. The van der Waals surface area contributed by atoms with Crippen molar-refractivity contribution in [3.8, 4) is 11.5 Å². The smallest absolute Gasteiger partial charge is 0.275 e. The molecule has 27 heavy (non-hydrogen) atoms. The van der Waals surface area contributed by atoms with Gasteiger partial charge in [-0.05, 0) is 19.1 Å². The third-order valence-corrected chi connectivity index (χ3v) is 3.96. The third kappa shape index (κ3) is 4.59. The van der Waals surface area contributed by atoms with Gasteiger partial charge >= 0.3 is 0 Å². The lowest BCUT2D eigenvalue weighted by atomic mass is 10.2. The molecule has 1 aromatic carbocycles. The Morgan fingerprint density at radius 2 is 2.15 bits per heavy atom. The maximum Gasteiger partial charge on any atom is 0.275 e. The molecule has 1 N–H and O–H groups in total. The maximum absolute atomic E-state index is 12.3. The monoisotopic (exact) mass is 387 g/mol. The number of benzene rings is 1. The van der Waals surface area contributed by atoms with Gasteiger partial charge in [-0.25, -0.2) is 0 Å². The summed E-state index contributed by atoms with van der Waals surface area (Å²) in [5, 5.41) is 18.2. The van der Waals surface area contributed by atoms with Crippen molar-refractivity contribution in [2.45, 2.75) is 13.5 Å². The van der Waals surface area contributed by atoms with Gasteiger partial charge in [-0.3, -0.25) is 24.6 Å². The second-order valence-corrected chi connectivity index (χ2v) is 5.95. The summed E-state index contributed by atoms with van der Waals surface area (Å²) in [5.74, 6) is 0.202. The molecule has 0 unspecified atom stereocenters. The molecule has 1 amide bonds. The molecule has 2 heterocycles. The number of anilines is 1. The van der Waals surface area contributed by atoms with Crippen molar-refractivity contribution in [3.63, 3.8) is 0 Å². The third-order valence-electron chi connectivity index (χ3n) is 3.59. The average molecular weight is 388 g/mol. The van der Waals surface area contributed by atoms with Crippen molar-refractivity contribution in [1.82, 2.24) is 14.8 Å². The molecule has 0 bridgehead atoms. The van der Waals surface area contributed by atoms with Crippen LogP contribution in [0.4, 0.5) is 11.4 Å². The highest BCUT2D eigenvalue weighted by Gasteiger charge is 2.14. The number of nitrogens with zero attached hydrogens (tertiary/aromatic N) is 4. The minimum atomic E-state index is -0.566. The van der Waals surface area contributed by atoms with Crippen molar-refractivity contribution in [1.29, 1.82) is 0 Å². The standard InChI is InChI=1S/C17H14ClN5O4/c1-11-16(18)9-20-22(11)10-17(24)21-12-5-13(23(25)26)7-15(6-12)27-14-3-2-4-19-8-14/h2-9H,10H2,1H3,(H,21,24). The summed E-state index contributed by atoms with van der Waals surface area (Å²) in [6, 6.07) is 7.33. The molecule has 0 fully saturated rings. The number of carbonyl (C=O) groups is 1. The van der Waals surface area contributed by atoms with Crippen LogP contribution in [-0.2, 0) is 11.3 Å². The second kappa shape index (κ2) is 7.83. The molecule has 3 aromatic rings. The first-order valence-electron chi connectivity index (χ1n) is 7.77. The van der Waals surface area contributed by atoms with Crippen molar-refractivity contribution in [3.05, 3.63) is 69.8 Å². The number of aromatic nitrogens is 3. The number of nitro groups is 1. The molecule has 3 rings (SSSR count). The number of pyridine rings is 1. The molecule has 0 aliphatic rings. The lowest BCUT2D eigenvalue weighted by Crippen LogP contribution is -2.20. The summed E-state index contributed by atoms with van der Waals surface area (Å²) in [4.78, 5) is 26.8. The lowest BCUT2D eigenvalue weighted by molar-refractivity contribution is -0.384. The fourth-order valence-corrected chi connectivity index (χ4v) is 2.42. The summed E-state index contributed by atoms with van der Waals surface area (Å²) in [7, 11) is 0. The first-order valence-corrected chi connectivity index (χ1v) is 8.15. The van der Waals surface area contributed by atoms with Crippen LogP contribution >= 0.6 is 11.6 Å². The SMILES string of the molecule is Cc1c(Cl)cnn1CC(=O)Nc1cc(Oc2cccnc2)cc([N+](=O)[O-])c1. The van der Waals surface area contributed by atoms with Crippen LogP contribution < -0.4 is 10.1 Å². The van der Waals surface area contributed by atoms with E-state index in [4.69, 9.17) is 16.3 Å². The molecule has 0 aliphatic carbocycles. The topological polar surface area (TPSA) is 112 Å². The molecule has 0 aliphatic heterocycles. The fraction of sp³-hybridized carbons (Fsp3) is 0.118. The van der Waals surface area contributed by atoms with Crippen molar-refractivity contribution < 1.29 is 14.5 Å². The van der Waals surface area contributed by atoms with Crippen LogP contribution in [0.5, 0.6) is 11.5 Å². The Hall–Kier alpha value is -3.46. The Morgan fingerprint density at radius 1 is 1.33 bits per heavy atom. The van der Waals surface area contributed by atoms with Crippen molar-refractivity contribution in [2.75, 3.05) is 5.32 Å². The zero-order valence-corrected chi connectivity index (χ0v) is 14.9. The molecule has 0 saturated carbocycles. The van der Waals surface area contributed by atoms with E-state index < -0.39 is 10.8 Å². The van der Waals surface area contributed by atoms with Crippen molar-refractivity contribution in [2.24, 2.45) is 0 Å². The Morgan fingerprint density at radius 3 is 2.78 bits per heavy atom. The van der Waals surface area contributed by atoms with Crippen LogP contribution in [0.15, 0.2) is 48.9 Å². The molecule has 0 spiro atoms. The zero-order chi connectivity index (χ0) is 19.4. The van der Waals surface area contributed by atoms with E-state index in [1.165, 1.54) is 35.3 Å². The molecule has 0 atom stereocenters. The van der Waals surface area contributed by atoms with Gasteiger partial charge in [0.15, 0.2) is 0 Å². The Bertz CT molecular complexity index is 990. The van der Waals surface area contributed by atoms with Crippen LogP contribution in [0.1, 0.15) is 5.69 Å². The van der Waals surface area contributed by atoms with Gasteiger partial charge in [0.25, 0.3) is 5.69 Å². The molecule has 138 valence electrons. The van der Waals surface area contributed by atoms with Crippen LogP contribution in [0.25, 0.3) is 0 Å². The predicted octanol–water partition coefficient (Wildman–Crippen LogP) is 3.58. The van der Waals surface area contributed by atoms with Crippen LogP contribution in [0.3, 0.4) is 0 Å². The average Bonchev–Trinajstić information content (AvgIpc) is 2.94. The van der Waals surface area contributed by atoms with E-state index in [1.54, 1.807) is 25.3 Å². The molecular weight excluding hydrogens is 374 g/mol. The molecule has 10 heteroatoms. The number of nitrogens with one attached hydrogen (secondary N) is 1. The van der Waals surface area contributed by atoms with Crippen LogP contribution in [-0.4, -0.2) is 25.6 Å². The normalized spacial score (nSPS) is 10.4. The van der Waals surface area contributed by atoms with E-state index >= 15 is 0 Å². The van der Waals surface area contributed by atoms with E-state index in [0.717, 1.165) is 0 Å². The van der Waals surface area contributed by atoms with Gasteiger partial charge in [-0.15, -0.1) is 0 Å². The van der Waals surface area contributed by atoms with E-state index in [-0.39, 0.29) is 23.7 Å². The Labute approximate surface area is 158 Å². The van der Waals surface area contributed by atoms with Crippen molar-refractivity contribution >= 4 is 28.9 Å². The number of nitro benzene ring substituents is 1. The number of hydrogen-bond acceptors (Lipinski definition) is 6. The second-order valence-electron chi connectivity index (χ2n) is 5.55. The van der Waals surface area contributed by atoms with E-state index in [9.17, 15) is 14.9 Å². The number of halogens is 1. The van der Waals surface area contributed by atoms with Gasteiger partial charge in [0.05, 0.1) is 39.8 Å². The summed E-state index contributed by atoms with van der Waals surface area (Å²) in [5.41, 5.74) is 0.653. The highest BCUT2D eigenvalue weighted by atomic mass is 35.5. The number of amides is 1. The molecule has 0 radical (unpaired) electrons. The maximum atomic E-state index is 12.3. The van der Waals surface area contributed by atoms with E-state index in [0.29, 0.717) is 16.5 Å². The molecule has 2 aromatic heterocycles. The Balaban J connectivity index is 1.80. The first kappa shape index (κ1) is 18.3. The highest BCUT2D eigenvalue weighted by Crippen LogP contribution is 2.29. The summed E-state index contributed by atoms with van der Waals surface area (Å²) in [6.07, 6.45) is 4.49. The first-order chi connectivity index (χ1) is 12.9. The zero-order valence-electron chi connectivity index (χ0n) is 14.1. The summed E-state index contributed by atoms with van der Waals surface area (Å²) < 4.78 is 7.01. The molecular formula is C17H14ClN5O4. The van der Waals surface area contributed by atoms with E-state index in [2.05, 4.69) is 15.4 Å². The quantitative estimate of drug-likeness (QED) is 0.511. The van der Waals surface area contributed by atoms with Crippen LogP contribution in [0, 0.1) is 17.0 Å². The van der Waals surface area contributed by atoms with Gasteiger partial charge in [0.2, 0.25) is 5.91 Å². The molecule has 9 nitrogen and oxygen atoms in total. The van der Waals surface area contributed by atoms with Crippen LogP contribution in [0.2, 0.25) is 5.02 Å². The number of carbonyl (C=O) groups excluding carboxylic acids is 1. The minimum Gasteiger partial charge on any atom is -0.455 e. The number of ether oxygens (including phenoxy) is 1. The van der Waals surface area contributed by atoms with Gasteiger partial charge < -0.3 is 10.1 Å². The Kier molecular flexibility index (Phi) is 5.32. The number of rotatable bonds is 6. The van der Waals surface area contributed by atoms with Gasteiger partial charge in [-0.1, -0.05) is 11.6 Å². The van der Waals surface area contributed by atoms with Gasteiger partial charge in [0.1, 0.15) is 18.0 Å². The van der Waals surface area contributed by atoms with Gasteiger partial charge in [-0.2, -0.15) is 5.10 Å². The highest BCUT2D eigenvalue weighted by molar-refractivity contribution is 6.31. The predicted molar refractivity (Wildman–Crippen MR) is 98.0 cm³/mol. The van der Waals surface area contributed by atoms with Gasteiger partial charge in [0, 0.05) is 18.3 Å². The number of hydrogen-bond donors (Lipinski definition) is 1. The summed E-state index contributed by atoms with van der Waals surface area (Å²) in [6.45, 7) is 1.65. The lowest BCUT2D eigenvalue weighted by Gasteiger charge is -2.10. The van der Waals surface area contributed by atoms with E-state index in [1.807, 2.05) is 0 Å².